The first-order valence-corrected chi connectivity index (χ1v) is 8.08. The molecular formula is C17H23N3O2. The number of piperidine rings is 1. The maximum atomic E-state index is 6.26. The van der Waals surface area contributed by atoms with Crippen molar-refractivity contribution < 1.29 is 9.15 Å². The quantitative estimate of drug-likeness (QED) is 0.874. The fraction of sp³-hybridized carbons (Fsp3) is 0.588. The second-order valence-electron chi connectivity index (χ2n) is 6.75. The number of hydrogen-bond donors (Lipinski definition) is 0. The van der Waals surface area contributed by atoms with E-state index < -0.39 is 0 Å². The number of ether oxygens (including phenoxy) is 1. The van der Waals surface area contributed by atoms with Gasteiger partial charge in [-0.3, -0.25) is 9.58 Å². The maximum absolute atomic E-state index is 6.26. The Morgan fingerprint density at radius 3 is 2.91 bits per heavy atom. The lowest BCUT2D eigenvalue weighted by Crippen LogP contribution is -2.43. The third kappa shape index (κ3) is 2.71. The number of rotatable bonds is 3. The molecule has 0 radical (unpaired) electrons. The number of furan rings is 1. The van der Waals surface area contributed by atoms with Crippen molar-refractivity contribution in [2.24, 2.45) is 7.05 Å². The highest BCUT2D eigenvalue weighted by atomic mass is 16.5. The molecule has 4 rings (SSSR count). The van der Waals surface area contributed by atoms with E-state index in [4.69, 9.17) is 9.15 Å². The van der Waals surface area contributed by atoms with Crippen molar-refractivity contribution in [2.45, 2.75) is 37.3 Å². The van der Waals surface area contributed by atoms with Crippen molar-refractivity contribution in [1.82, 2.24) is 14.7 Å². The molecule has 118 valence electrons. The lowest BCUT2D eigenvalue weighted by Gasteiger charge is -2.38. The second kappa shape index (κ2) is 5.56. The number of nitrogens with zero attached hydrogens (tertiary/aromatic N) is 3. The summed E-state index contributed by atoms with van der Waals surface area (Å²) in [5.41, 5.74) is 2.67. The molecule has 0 bridgehead atoms. The van der Waals surface area contributed by atoms with Crippen LogP contribution in [0.2, 0.25) is 0 Å². The Bertz CT molecular complexity index is 612. The molecule has 0 amide bonds. The summed E-state index contributed by atoms with van der Waals surface area (Å²) >= 11 is 0. The molecule has 2 saturated heterocycles. The largest absolute Gasteiger partial charge is 0.472 e. The van der Waals surface area contributed by atoms with Gasteiger partial charge in [-0.05, 0) is 30.9 Å². The maximum Gasteiger partial charge on any atom is 0.0947 e. The van der Waals surface area contributed by atoms with Crippen LogP contribution in [0.15, 0.2) is 35.4 Å². The molecule has 0 aliphatic carbocycles. The molecular weight excluding hydrogens is 278 g/mol. The first-order valence-electron chi connectivity index (χ1n) is 8.08. The van der Waals surface area contributed by atoms with E-state index >= 15 is 0 Å². The van der Waals surface area contributed by atoms with E-state index in [0.717, 1.165) is 45.5 Å². The Labute approximate surface area is 130 Å². The molecule has 5 heteroatoms. The normalized spacial score (nSPS) is 25.0. The average Bonchev–Trinajstić information content (AvgIpc) is 3.24. The van der Waals surface area contributed by atoms with Gasteiger partial charge in [0.2, 0.25) is 0 Å². The molecule has 5 nitrogen and oxygen atoms in total. The van der Waals surface area contributed by atoms with Gasteiger partial charge in [-0.1, -0.05) is 0 Å². The van der Waals surface area contributed by atoms with Crippen molar-refractivity contribution in [1.29, 1.82) is 0 Å². The van der Waals surface area contributed by atoms with Crippen LogP contribution in [0.5, 0.6) is 0 Å². The first-order chi connectivity index (χ1) is 10.7. The summed E-state index contributed by atoms with van der Waals surface area (Å²) in [6.45, 7) is 4.03. The molecule has 2 aromatic rings. The predicted octanol–water partition coefficient (Wildman–Crippen LogP) is 2.55. The van der Waals surface area contributed by atoms with Crippen molar-refractivity contribution >= 4 is 0 Å². The van der Waals surface area contributed by atoms with Gasteiger partial charge >= 0.3 is 0 Å². The zero-order chi connectivity index (χ0) is 15.0. The third-order valence-electron chi connectivity index (χ3n) is 5.16. The van der Waals surface area contributed by atoms with Crippen LogP contribution >= 0.6 is 0 Å². The summed E-state index contributed by atoms with van der Waals surface area (Å²) in [6, 6.07) is 2.05. The topological polar surface area (TPSA) is 43.4 Å². The van der Waals surface area contributed by atoms with Crippen LogP contribution in [0.1, 0.15) is 36.3 Å². The van der Waals surface area contributed by atoms with E-state index in [2.05, 4.69) is 22.3 Å². The summed E-state index contributed by atoms with van der Waals surface area (Å²) in [6.07, 6.45) is 11.1. The number of aromatic nitrogens is 2. The van der Waals surface area contributed by atoms with Gasteiger partial charge in [0.1, 0.15) is 0 Å². The Morgan fingerprint density at radius 1 is 1.36 bits per heavy atom. The molecule has 1 atom stereocenters. The average molecular weight is 301 g/mol. The minimum atomic E-state index is 0.0907. The highest BCUT2D eigenvalue weighted by Crippen LogP contribution is 2.42. The molecule has 22 heavy (non-hydrogen) atoms. The smallest absolute Gasteiger partial charge is 0.0947 e. The molecule has 0 N–H and O–H groups in total. The molecule has 2 aliphatic heterocycles. The fourth-order valence-corrected chi connectivity index (χ4v) is 3.82. The van der Waals surface area contributed by atoms with E-state index in [9.17, 15) is 0 Å². The van der Waals surface area contributed by atoms with E-state index in [1.165, 1.54) is 11.1 Å². The molecule has 2 aromatic heterocycles. The highest BCUT2D eigenvalue weighted by Gasteiger charge is 2.43. The molecule has 4 heterocycles. The Hall–Kier alpha value is -1.59. The van der Waals surface area contributed by atoms with Crippen LogP contribution in [0.4, 0.5) is 0 Å². The summed E-state index contributed by atoms with van der Waals surface area (Å²) in [5.74, 6) is 0.508. The van der Waals surface area contributed by atoms with E-state index in [-0.39, 0.29) is 5.60 Å². The van der Waals surface area contributed by atoms with Crippen LogP contribution < -0.4 is 0 Å². The van der Waals surface area contributed by atoms with Crippen LogP contribution in [0, 0.1) is 0 Å². The Kier molecular flexibility index (Phi) is 3.54. The highest BCUT2D eigenvalue weighted by molar-refractivity contribution is 5.15. The Morgan fingerprint density at radius 2 is 2.23 bits per heavy atom. The van der Waals surface area contributed by atoms with Gasteiger partial charge in [0, 0.05) is 44.4 Å². The SMILES string of the molecule is Cn1cc(C2COC3(CCN(Cc4ccoc4)CC3)C2)cn1. The Balaban J connectivity index is 1.35. The molecule has 2 fully saturated rings. The number of hydrogen-bond acceptors (Lipinski definition) is 4. The minimum Gasteiger partial charge on any atom is -0.472 e. The number of likely N-dealkylation sites (tertiary alicyclic amines) is 1. The van der Waals surface area contributed by atoms with Crippen molar-refractivity contribution in [3.8, 4) is 0 Å². The van der Waals surface area contributed by atoms with E-state index in [0.29, 0.717) is 5.92 Å². The number of aryl methyl sites for hydroxylation is 1. The molecule has 0 saturated carbocycles. The predicted molar refractivity (Wildman–Crippen MR) is 82.5 cm³/mol. The van der Waals surface area contributed by atoms with Gasteiger partial charge in [0.05, 0.1) is 30.9 Å². The summed E-state index contributed by atoms with van der Waals surface area (Å²) < 4.78 is 13.3. The molecule has 0 aromatic carbocycles. The van der Waals surface area contributed by atoms with Crippen molar-refractivity contribution in [2.75, 3.05) is 19.7 Å². The molecule has 1 spiro atoms. The van der Waals surface area contributed by atoms with Crippen LogP contribution in [-0.4, -0.2) is 40.0 Å². The minimum absolute atomic E-state index is 0.0907. The monoisotopic (exact) mass is 301 g/mol. The van der Waals surface area contributed by atoms with Gasteiger partial charge in [-0.25, -0.2) is 0 Å². The van der Waals surface area contributed by atoms with Gasteiger partial charge in [0.15, 0.2) is 0 Å². The van der Waals surface area contributed by atoms with Crippen LogP contribution in [0.25, 0.3) is 0 Å². The van der Waals surface area contributed by atoms with Crippen LogP contribution in [0.3, 0.4) is 0 Å². The lowest BCUT2D eigenvalue weighted by atomic mass is 9.84. The first kappa shape index (κ1) is 14.0. The zero-order valence-electron chi connectivity index (χ0n) is 13.1. The summed E-state index contributed by atoms with van der Waals surface area (Å²) in [5, 5.41) is 4.29. The summed E-state index contributed by atoms with van der Waals surface area (Å²) in [4.78, 5) is 2.50. The zero-order valence-corrected chi connectivity index (χ0v) is 13.1. The fourth-order valence-electron chi connectivity index (χ4n) is 3.82. The molecule has 2 aliphatic rings. The summed E-state index contributed by atoms with van der Waals surface area (Å²) in [7, 11) is 1.98. The van der Waals surface area contributed by atoms with E-state index in [1.54, 1.807) is 6.26 Å². The lowest BCUT2D eigenvalue weighted by molar-refractivity contribution is -0.0448. The second-order valence-corrected chi connectivity index (χ2v) is 6.75. The molecule has 1 unspecified atom stereocenters. The third-order valence-corrected chi connectivity index (χ3v) is 5.16. The standard InChI is InChI=1S/C17H23N3O2/c1-19-11-16(9-18-19)15-8-17(22-13-15)3-5-20(6-4-17)10-14-2-7-21-12-14/h2,7,9,11-12,15H,3-6,8,10,13H2,1H3. The van der Waals surface area contributed by atoms with Gasteiger partial charge in [0.25, 0.3) is 0 Å². The van der Waals surface area contributed by atoms with Crippen molar-refractivity contribution in [3.63, 3.8) is 0 Å². The van der Waals surface area contributed by atoms with Gasteiger partial charge in [-0.15, -0.1) is 0 Å². The van der Waals surface area contributed by atoms with E-state index in [1.807, 2.05) is 24.2 Å². The van der Waals surface area contributed by atoms with Crippen molar-refractivity contribution in [3.05, 3.63) is 42.1 Å². The van der Waals surface area contributed by atoms with Gasteiger partial charge < -0.3 is 9.15 Å². The van der Waals surface area contributed by atoms with Gasteiger partial charge in [-0.2, -0.15) is 5.10 Å². The van der Waals surface area contributed by atoms with Crippen LogP contribution in [-0.2, 0) is 18.3 Å².